The molecule has 1 aromatic heterocycles. The minimum atomic E-state index is -0.763. The van der Waals surface area contributed by atoms with Crippen molar-refractivity contribution < 1.29 is 38.2 Å². The second-order valence-corrected chi connectivity index (χ2v) is 10.1. The number of ether oxygens (including phenoxy) is 5. The highest BCUT2D eigenvalue weighted by molar-refractivity contribution is 6.19. The molecule has 4 aromatic rings. The molecule has 0 saturated heterocycles. The molecule has 230 valence electrons. The Morgan fingerprint density at radius 3 is 2.41 bits per heavy atom. The summed E-state index contributed by atoms with van der Waals surface area (Å²) in [5, 5.41) is 14.4. The van der Waals surface area contributed by atoms with Gasteiger partial charge in [-0.2, -0.15) is 0 Å². The molecule has 2 N–H and O–H groups in total. The number of carbonyl (C=O) groups excluding carboxylic acids is 2. The number of H-pyrrole nitrogens is 1. The zero-order valence-electron chi connectivity index (χ0n) is 24.3. The topological polar surface area (TPSA) is 154 Å². The number of nitro benzene ring substituents is 1. The van der Waals surface area contributed by atoms with Gasteiger partial charge >= 0.3 is 6.09 Å². The minimum absolute atomic E-state index is 0.120. The highest BCUT2D eigenvalue weighted by Gasteiger charge is 2.34. The summed E-state index contributed by atoms with van der Waals surface area (Å²) in [6.45, 7) is 0.154. The zero-order valence-corrected chi connectivity index (χ0v) is 25.0. The molecule has 1 atom stereocenters. The van der Waals surface area contributed by atoms with E-state index in [1.807, 2.05) is 6.07 Å². The normalized spacial score (nSPS) is 13.8. The molecule has 2 amide bonds. The Bertz CT molecular complexity index is 1760. The van der Waals surface area contributed by atoms with Crippen LogP contribution in [0.25, 0.3) is 10.9 Å². The van der Waals surface area contributed by atoms with E-state index in [9.17, 15) is 19.7 Å². The fraction of sp³-hybridized carbons (Fsp3) is 0.267. The summed E-state index contributed by atoms with van der Waals surface area (Å²) in [6, 6.07) is 12.7. The number of benzene rings is 3. The number of non-ortho nitro benzene ring substituents is 1. The van der Waals surface area contributed by atoms with E-state index in [2.05, 4.69) is 10.3 Å². The van der Waals surface area contributed by atoms with Gasteiger partial charge in [0.25, 0.3) is 11.6 Å². The highest BCUT2D eigenvalue weighted by Crippen LogP contribution is 2.44. The third-order valence-corrected chi connectivity index (χ3v) is 7.71. The predicted molar refractivity (Wildman–Crippen MR) is 163 cm³/mol. The summed E-state index contributed by atoms with van der Waals surface area (Å²) in [5.41, 5.74) is 3.04. The van der Waals surface area contributed by atoms with E-state index in [0.29, 0.717) is 57.3 Å². The van der Waals surface area contributed by atoms with Crippen LogP contribution in [0.4, 0.5) is 21.9 Å². The first-order chi connectivity index (χ1) is 21.2. The lowest BCUT2D eigenvalue weighted by Crippen LogP contribution is -2.30. The first-order valence-electron chi connectivity index (χ1n) is 13.3. The van der Waals surface area contributed by atoms with Gasteiger partial charge in [0.1, 0.15) is 18.1 Å². The first-order valence-corrected chi connectivity index (χ1v) is 13.8. The molecule has 44 heavy (non-hydrogen) atoms. The van der Waals surface area contributed by atoms with Crippen molar-refractivity contribution in [3.05, 3.63) is 75.5 Å². The van der Waals surface area contributed by atoms with Crippen LogP contribution in [0.1, 0.15) is 27.5 Å². The second-order valence-electron chi connectivity index (χ2n) is 9.79. The smallest absolute Gasteiger partial charge is 0.411 e. The number of anilines is 2. The molecule has 0 fully saturated rings. The molecule has 2 heterocycles. The van der Waals surface area contributed by atoms with Crippen molar-refractivity contribution in [2.75, 3.05) is 51.1 Å². The molecule has 14 heteroatoms. The first kappa shape index (κ1) is 30.3. The number of amides is 2. The fourth-order valence-corrected chi connectivity index (χ4v) is 5.47. The highest BCUT2D eigenvalue weighted by atomic mass is 35.5. The van der Waals surface area contributed by atoms with Crippen LogP contribution in [0.5, 0.6) is 23.0 Å². The van der Waals surface area contributed by atoms with E-state index < -0.39 is 11.0 Å². The van der Waals surface area contributed by atoms with E-state index in [4.69, 9.17) is 35.3 Å². The van der Waals surface area contributed by atoms with E-state index in [1.54, 1.807) is 29.2 Å². The van der Waals surface area contributed by atoms with Crippen LogP contribution in [0.2, 0.25) is 0 Å². The SMILES string of the molecule is COc1cc([N+](=O)[O-])ccc1COC(=O)Nc1ccc2c(c1)N(C(=O)c1cc3cc(OC)c(OC)c(OC)c3[nH]1)CC2CCl. The Kier molecular flexibility index (Phi) is 8.67. The standard InChI is InChI=1S/C30H29ClN4O9/c1-40-24-12-20(35(38)39)7-5-16(24)15-44-30(37)32-19-6-8-21-18(13-31)14-34(23(21)11-19)29(36)22-9-17-10-25(41-2)27(42-3)28(43-4)26(17)33-22/h5-12,18,33H,13-15H2,1-4H3,(H,32,37). The lowest BCUT2D eigenvalue weighted by molar-refractivity contribution is -0.384. The van der Waals surface area contributed by atoms with Crippen LogP contribution in [0.15, 0.2) is 48.5 Å². The zero-order chi connectivity index (χ0) is 31.5. The van der Waals surface area contributed by atoms with Gasteiger partial charge in [0, 0.05) is 46.7 Å². The van der Waals surface area contributed by atoms with Crippen LogP contribution in [0, 0.1) is 10.1 Å². The Morgan fingerprint density at radius 2 is 1.75 bits per heavy atom. The number of methoxy groups -OCH3 is 4. The van der Waals surface area contributed by atoms with Gasteiger partial charge in [-0.05, 0) is 35.9 Å². The van der Waals surface area contributed by atoms with E-state index in [0.717, 1.165) is 5.56 Å². The van der Waals surface area contributed by atoms with Crippen LogP contribution in [-0.4, -0.2) is 62.8 Å². The van der Waals surface area contributed by atoms with E-state index in [1.165, 1.54) is 46.6 Å². The monoisotopic (exact) mass is 624 g/mol. The quantitative estimate of drug-likeness (QED) is 0.126. The summed E-state index contributed by atoms with van der Waals surface area (Å²) in [7, 11) is 5.89. The van der Waals surface area contributed by atoms with Crippen molar-refractivity contribution in [2.45, 2.75) is 12.5 Å². The van der Waals surface area contributed by atoms with Gasteiger partial charge in [0.05, 0.1) is 44.9 Å². The Morgan fingerprint density at radius 1 is 1.00 bits per heavy atom. The van der Waals surface area contributed by atoms with Crippen LogP contribution in [0.3, 0.4) is 0 Å². The average molecular weight is 625 g/mol. The van der Waals surface area contributed by atoms with Gasteiger partial charge < -0.3 is 33.6 Å². The number of nitrogens with zero attached hydrogens (tertiary/aromatic N) is 2. The summed E-state index contributed by atoms with van der Waals surface area (Å²) >= 11 is 6.27. The predicted octanol–water partition coefficient (Wildman–Crippen LogP) is 5.84. The number of nitrogens with one attached hydrogen (secondary N) is 2. The van der Waals surface area contributed by atoms with Gasteiger partial charge in [-0.1, -0.05) is 6.07 Å². The van der Waals surface area contributed by atoms with Gasteiger partial charge in [-0.25, -0.2) is 4.79 Å². The van der Waals surface area contributed by atoms with Crippen LogP contribution in [-0.2, 0) is 11.3 Å². The number of fused-ring (bicyclic) bond motifs is 2. The molecule has 0 saturated carbocycles. The number of aromatic nitrogens is 1. The third kappa shape index (κ3) is 5.61. The Labute approximate surface area is 256 Å². The van der Waals surface area contributed by atoms with Gasteiger partial charge in [0.15, 0.2) is 11.5 Å². The molecule has 1 unspecified atom stereocenters. The van der Waals surface area contributed by atoms with Crippen molar-refractivity contribution in [1.29, 1.82) is 0 Å². The number of hydrogen-bond donors (Lipinski definition) is 2. The van der Waals surface area contributed by atoms with Crippen molar-refractivity contribution in [3.63, 3.8) is 0 Å². The van der Waals surface area contributed by atoms with Gasteiger partial charge in [0.2, 0.25) is 5.75 Å². The maximum absolute atomic E-state index is 13.9. The Hall–Kier alpha value is -5.17. The second kappa shape index (κ2) is 12.6. The van der Waals surface area contributed by atoms with Crippen molar-refractivity contribution in [1.82, 2.24) is 4.98 Å². The summed E-state index contributed by atoms with van der Waals surface area (Å²) < 4.78 is 27.0. The van der Waals surface area contributed by atoms with Crippen molar-refractivity contribution in [2.24, 2.45) is 0 Å². The number of alkyl halides is 1. The minimum Gasteiger partial charge on any atom is -0.496 e. The van der Waals surface area contributed by atoms with Crippen LogP contribution < -0.4 is 29.2 Å². The van der Waals surface area contributed by atoms with Gasteiger partial charge in [-0.15, -0.1) is 11.6 Å². The van der Waals surface area contributed by atoms with E-state index >= 15 is 0 Å². The maximum Gasteiger partial charge on any atom is 0.411 e. The molecule has 13 nitrogen and oxygen atoms in total. The largest absolute Gasteiger partial charge is 0.496 e. The number of carbonyl (C=O) groups is 2. The van der Waals surface area contributed by atoms with Crippen molar-refractivity contribution >= 4 is 51.6 Å². The van der Waals surface area contributed by atoms with Crippen LogP contribution >= 0.6 is 11.6 Å². The molecule has 0 bridgehead atoms. The number of halogens is 1. The molecule has 1 aliphatic rings. The number of rotatable bonds is 10. The molecule has 0 aliphatic carbocycles. The lowest BCUT2D eigenvalue weighted by atomic mass is 10.0. The van der Waals surface area contributed by atoms with Gasteiger partial charge in [-0.3, -0.25) is 20.2 Å². The molecular weight excluding hydrogens is 596 g/mol. The Balaban J connectivity index is 1.37. The summed E-state index contributed by atoms with van der Waals surface area (Å²) in [4.78, 5) is 41.8. The molecule has 3 aromatic carbocycles. The summed E-state index contributed by atoms with van der Waals surface area (Å²) in [5.74, 6) is 1.34. The lowest BCUT2D eigenvalue weighted by Gasteiger charge is -2.18. The number of aromatic amines is 1. The molecule has 5 rings (SSSR count). The van der Waals surface area contributed by atoms with E-state index in [-0.39, 0.29) is 35.7 Å². The number of hydrogen-bond acceptors (Lipinski definition) is 9. The fourth-order valence-electron chi connectivity index (χ4n) is 5.21. The molecule has 0 radical (unpaired) electrons. The molecule has 0 spiro atoms. The average Bonchev–Trinajstić information content (AvgIpc) is 3.63. The third-order valence-electron chi connectivity index (χ3n) is 7.33. The molecular formula is C30H29ClN4O9. The number of nitro groups is 1. The molecule has 1 aliphatic heterocycles. The maximum atomic E-state index is 13.9. The van der Waals surface area contributed by atoms with Crippen molar-refractivity contribution in [3.8, 4) is 23.0 Å². The summed E-state index contributed by atoms with van der Waals surface area (Å²) in [6.07, 6.45) is -0.763.